The molecule has 2 aliphatic heterocycles. The molecule has 1 aliphatic carbocycles. The summed E-state index contributed by atoms with van der Waals surface area (Å²) in [5, 5.41) is 6.49. The molecule has 5 heteroatoms. The molecule has 1 saturated carbocycles. The normalized spacial score (nSPS) is 22.8. The molecule has 2 N–H and O–H groups in total. The quantitative estimate of drug-likeness (QED) is 0.834. The van der Waals surface area contributed by atoms with Crippen molar-refractivity contribution in [1.29, 1.82) is 0 Å². The van der Waals surface area contributed by atoms with Gasteiger partial charge in [0, 0.05) is 30.3 Å². The summed E-state index contributed by atoms with van der Waals surface area (Å²) in [5.41, 5.74) is 1.87. The van der Waals surface area contributed by atoms with Gasteiger partial charge in [0.2, 0.25) is 5.91 Å². The highest BCUT2D eigenvalue weighted by Gasteiger charge is 2.36. The van der Waals surface area contributed by atoms with Gasteiger partial charge in [-0.3, -0.25) is 9.59 Å². The van der Waals surface area contributed by atoms with Gasteiger partial charge in [0.15, 0.2) is 0 Å². The van der Waals surface area contributed by atoms with Crippen molar-refractivity contribution in [1.82, 2.24) is 10.2 Å². The number of carbonyl (C=O) groups is 2. The Morgan fingerprint density at radius 2 is 1.71 bits per heavy atom. The SMILES string of the molecule is O=C(Nc1cccc(C(=O)N2CCC3(CCNCC3)CC2)c1)C1CCCCC1. The minimum Gasteiger partial charge on any atom is -0.339 e. The maximum atomic E-state index is 13.0. The van der Waals surface area contributed by atoms with Gasteiger partial charge in [-0.25, -0.2) is 0 Å². The highest BCUT2D eigenvalue weighted by atomic mass is 16.2. The lowest BCUT2D eigenvalue weighted by atomic mass is 9.71. The van der Waals surface area contributed by atoms with Crippen LogP contribution in [0.15, 0.2) is 24.3 Å². The van der Waals surface area contributed by atoms with E-state index >= 15 is 0 Å². The third kappa shape index (κ3) is 4.40. The van der Waals surface area contributed by atoms with Crippen LogP contribution >= 0.6 is 0 Å². The molecule has 28 heavy (non-hydrogen) atoms. The second kappa shape index (κ2) is 8.64. The first-order chi connectivity index (χ1) is 13.7. The average molecular weight is 384 g/mol. The standard InChI is InChI=1S/C23H33N3O2/c27-21(18-5-2-1-3-6-18)25-20-8-4-7-19(17-20)22(28)26-15-11-23(12-16-26)9-13-24-14-10-23/h4,7-8,17-18,24H,1-3,5-6,9-16H2,(H,25,27). The fourth-order valence-corrected chi connectivity index (χ4v) is 5.16. The van der Waals surface area contributed by atoms with E-state index in [9.17, 15) is 9.59 Å². The molecule has 2 saturated heterocycles. The molecule has 1 spiro atoms. The van der Waals surface area contributed by atoms with Crippen LogP contribution in [-0.4, -0.2) is 42.9 Å². The Morgan fingerprint density at radius 3 is 2.43 bits per heavy atom. The summed E-state index contributed by atoms with van der Waals surface area (Å²) in [6, 6.07) is 7.48. The van der Waals surface area contributed by atoms with Gasteiger partial charge in [0.05, 0.1) is 0 Å². The van der Waals surface area contributed by atoms with Crippen LogP contribution in [0.5, 0.6) is 0 Å². The Balaban J connectivity index is 1.36. The lowest BCUT2D eigenvalue weighted by Crippen LogP contribution is -2.47. The molecule has 1 aromatic rings. The number of carbonyl (C=O) groups excluding carboxylic acids is 2. The Labute approximate surface area is 168 Å². The molecule has 0 bridgehead atoms. The zero-order chi connectivity index (χ0) is 19.4. The lowest BCUT2D eigenvalue weighted by molar-refractivity contribution is -0.120. The predicted octanol–water partition coefficient (Wildman–Crippen LogP) is 3.81. The molecule has 2 heterocycles. The number of likely N-dealkylation sites (tertiary alicyclic amines) is 1. The maximum absolute atomic E-state index is 13.0. The smallest absolute Gasteiger partial charge is 0.253 e. The number of hydrogen-bond acceptors (Lipinski definition) is 3. The van der Waals surface area contributed by atoms with Gasteiger partial charge in [-0.15, -0.1) is 0 Å². The summed E-state index contributed by atoms with van der Waals surface area (Å²) in [5.74, 6) is 0.323. The van der Waals surface area contributed by atoms with Gasteiger partial charge in [0.1, 0.15) is 0 Å². The van der Waals surface area contributed by atoms with Gasteiger partial charge in [-0.1, -0.05) is 25.3 Å². The van der Waals surface area contributed by atoms with Crippen molar-refractivity contribution in [3.8, 4) is 0 Å². The van der Waals surface area contributed by atoms with Gasteiger partial charge >= 0.3 is 0 Å². The fourth-order valence-electron chi connectivity index (χ4n) is 5.16. The summed E-state index contributed by atoms with van der Waals surface area (Å²) in [7, 11) is 0. The molecule has 1 aromatic carbocycles. The van der Waals surface area contributed by atoms with Crippen LogP contribution in [-0.2, 0) is 4.79 Å². The summed E-state index contributed by atoms with van der Waals surface area (Å²) in [6.07, 6.45) is 10.2. The van der Waals surface area contributed by atoms with Gasteiger partial charge in [-0.05, 0) is 75.2 Å². The van der Waals surface area contributed by atoms with Crippen molar-refractivity contribution in [2.24, 2.45) is 11.3 Å². The minimum absolute atomic E-state index is 0.0950. The van der Waals surface area contributed by atoms with E-state index in [-0.39, 0.29) is 17.7 Å². The summed E-state index contributed by atoms with van der Waals surface area (Å²) >= 11 is 0. The zero-order valence-electron chi connectivity index (χ0n) is 16.8. The second-order valence-corrected chi connectivity index (χ2v) is 8.95. The van der Waals surface area contributed by atoms with Gasteiger partial charge in [-0.2, -0.15) is 0 Å². The number of benzene rings is 1. The van der Waals surface area contributed by atoms with Crippen molar-refractivity contribution < 1.29 is 9.59 Å². The van der Waals surface area contributed by atoms with E-state index in [4.69, 9.17) is 0 Å². The highest BCUT2D eigenvalue weighted by Crippen LogP contribution is 2.39. The number of anilines is 1. The first-order valence-corrected chi connectivity index (χ1v) is 11.1. The molecule has 5 nitrogen and oxygen atoms in total. The van der Waals surface area contributed by atoms with Crippen LogP contribution in [0, 0.1) is 11.3 Å². The molecular weight excluding hydrogens is 350 g/mol. The second-order valence-electron chi connectivity index (χ2n) is 8.95. The topological polar surface area (TPSA) is 61.4 Å². The molecule has 3 fully saturated rings. The Bertz CT molecular complexity index is 696. The maximum Gasteiger partial charge on any atom is 0.253 e. The van der Waals surface area contributed by atoms with Crippen LogP contribution in [0.25, 0.3) is 0 Å². The molecule has 0 atom stereocenters. The molecular formula is C23H33N3O2. The molecule has 0 unspecified atom stereocenters. The van der Waals surface area contributed by atoms with Crippen LogP contribution in [0.1, 0.15) is 68.1 Å². The summed E-state index contributed by atoms with van der Waals surface area (Å²) < 4.78 is 0. The van der Waals surface area contributed by atoms with E-state index < -0.39 is 0 Å². The first-order valence-electron chi connectivity index (χ1n) is 11.1. The van der Waals surface area contributed by atoms with Crippen molar-refractivity contribution >= 4 is 17.5 Å². The summed E-state index contributed by atoms with van der Waals surface area (Å²) in [4.78, 5) is 27.5. The third-order valence-corrected chi connectivity index (χ3v) is 7.13. The van der Waals surface area contributed by atoms with E-state index in [1.165, 1.54) is 19.3 Å². The average Bonchev–Trinajstić information content (AvgIpc) is 2.75. The van der Waals surface area contributed by atoms with E-state index in [0.29, 0.717) is 11.0 Å². The first kappa shape index (κ1) is 19.4. The predicted molar refractivity (Wildman–Crippen MR) is 111 cm³/mol. The van der Waals surface area contributed by atoms with E-state index in [0.717, 1.165) is 70.4 Å². The largest absolute Gasteiger partial charge is 0.339 e. The zero-order valence-corrected chi connectivity index (χ0v) is 16.8. The lowest BCUT2D eigenvalue weighted by Gasteiger charge is -2.44. The van der Waals surface area contributed by atoms with Crippen LogP contribution in [0.2, 0.25) is 0 Å². The number of amides is 2. The molecule has 0 aromatic heterocycles. The fraction of sp³-hybridized carbons (Fsp3) is 0.652. The number of rotatable bonds is 3. The molecule has 4 rings (SSSR count). The van der Waals surface area contributed by atoms with Gasteiger partial charge < -0.3 is 15.5 Å². The van der Waals surface area contributed by atoms with Crippen LogP contribution in [0.4, 0.5) is 5.69 Å². The van der Waals surface area contributed by atoms with Crippen molar-refractivity contribution in [3.63, 3.8) is 0 Å². The monoisotopic (exact) mass is 383 g/mol. The summed E-state index contributed by atoms with van der Waals surface area (Å²) in [6.45, 7) is 3.91. The van der Waals surface area contributed by atoms with Crippen molar-refractivity contribution in [2.45, 2.75) is 57.8 Å². The van der Waals surface area contributed by atoms with Crippen molar-refractivity contribution in [3.05, 3.63) is 29.8 Å². The van der Waals surface area contributed by atoms with E-state index in [1.807, 2.05) is 29.2 Å². The highest BCUT2D eigenvalue weighted by molar-refractivity contribution is 5.97. The van der Waals surface area contributed by atoms with Crippen molar-refractivity contribution in [2.75, 3.05) is 31.5 Å². The number of piperidine rings is 2. The molecule has 3 aliphatic rings. The minimum atomic E-state index is 0.0950. The third-order valence-electron chi connectivity index (χ3n) is 7.13. The van der Waals surface area contributed by atoms with Crippen LogP contribution < -0.4 is 10.6 Å². The number of hydrogen-bond donors (Lipinski definition) is 2. The van der Waals surface area contributed by atoms with Crippen LogP contribution in [0.3, 0.4) is 0 Å². The number of nitrogens with zero attached hydrogens (tertiary/aromatic N) is 1. The Morgan fingerprint density at radius 1 is 1.00 bits per heavy atom. The van der Waals surface area contributed by atoms with E-state index in [1.54, 1.807) is 0 Å². The Hall–Kier alpha value is -1.88. The Kier molecular flexibility index (Phi) is 6.00. The van der Waals surface area contributed by atoms with E-state index in [2.05, 4.69) is 10.6 Å². The van der Waals surface area contributed by atoms with Gasteiger partial charge in [0.25, 0.3) is 5.91 Å². The molecule has 2 amide bonds. The number of nitrogens with one attached hydrogen (secondary N) is 2. The molecule has 152 valence electrons. The molecule has 0 radical (unpaired) electrons.